The smallest absolute Gasteiger partial charge is 0.410 e. The summed E-state index contributed by atoms with van der Waals surface area (Å²) >= 11 is 0. The van der Waals surface area contributed by atoms with Gasteiger partial charge in [0.05, 0.1) is 0 Å². The highest BCUT2D eigenvalue weighted by Crippen LogP contribution is 2.26. The van der Waals surface area contributed by atoms with Crippen LogP contribution in [0.15, 0.2) is 17.4 Å². The molecule has 1 amide bonds. The molecular weight excluding hydrogens is 336 g/mol. The zero-order valence-corrected chi connectivity index (χ0v) is 16.1. The lowest BCUT2D eigenvalue weighted by Crippen LogP contribution is -2.50. The van der Waals surface area contributed by atoms with Crippen molar-refractivity contribution in [2.75, 3.05) is 24.5 Å². The predicted octanol–water partition coefficient (Wildman–Crippen LogP) is 1.80. The number of nitrogens with zero attached hydrogens (tertiary/aromatic N) is 5. The third-order valence-corrected chi connectivity index (χ3v) is 4.23. The average Bonchev–Trinajstić information content (AvgIpc) is 2.70. The normalized spacial score (nSPS) is 18.4. The van der Waals surface area contributed by atoms with Gasteiger partial charge in [0.2, 0.25) is 5.95 Å². The molecule has 1 aromatic heterocycles. The van der Waals surface area contributed by atoms with Gasteiger partial charge in [-0.05, 0) is 47.1 Å². The van der Waals surface area contributed by atoms with Gasteiger partial charge in [-0.3, -0.25) is 0 Å². The van der Waals surface area contributed by atoms with E-state index in [-0.39, 0.29) is 17.5 Å². The molecule has 1 fully saturated rings. The lowest BCUT2D eigenvalue weighted by atomic mass is 9.99. The minimum atomic E-state index is -0.544. The number of hydrogen-bond donors (Lipinski definition) is 2. The number of anilines is 1. The average molecular weight is 364 g/mol. The van der Waals surface area contributed by atoms with E-state index in [1.807, 2.05) is 39.5 Å². The first-order valence-corrected chi connectivity index (χ1v) is 8.60. The van der Waals surface area contributed by atoms with Gasteiger partial charge in [0.1, 0.15) is 11.3 Å². The number of oxime groups is 1. The summed E-state index contributed by atoms with van der Waals surface area (Å²) in [4.78, 5) is 25.0. The molecule has 0 atom stereocenters. The van der Waals surface area contributed by atoms with Crippen LogP contribution in [0, 0.1) is 0 Å². The summed E-state index contributed by atoms with van der Waals surface area (Å²) in [7, 11) is 0. The third-order valence-electron chi connectivity index (χ3n) is 4.23. The lowest BCUT2D eigenvalue weighted by Gasteiger charge is -2.37. The monoisotopic (exact) mass is 364 g/mol. The first-order chi connectivity index (χ1) is 12.0. The van der Waals surface area contributed by atoms with Crippen LogP contribution in [0.3, 0.4) is 0 Å². The molecule has 0 radical (unpaired) electrons. The number of amidine groups is 1. The maximum Gasteiger partial charge on any atom is 0.410 e. The molecule has 2 rings (SSSR count). The van der Waals surface area contributed by atoms with Crippen LogP contribution in [0.5, 0.6) is 0 Å². The minimum absolute atomic E-state index is 0.0702. The van der Waals surface area contributed by atoms with Crippen molar-refractivity contribution in [3.05, 3.63) is 18.0 Å². The Bertz CT molecular complexity index is 683. The summed E-state index contributed by atoms with van der Waals surface area (Å²) in [6.07, 6.45) is 1.97. The molecule has 3 N–H and O–H groups in total. The fraction of sp³-hybridized carbons (Fsp3) is 0.647. The van der Waals surface area contributed by atoms with Gasteiger partial charge in [0, 0.05) is 31.4 Å². The van der Waals surface area contributed by atoms with Crippen molar-refractivity contribution >= 4 is 17.9 Å². The fourth-order valence-electron chi connectivity index (χ4n) is 2.73. The van der Waals surface area contributed by atoms with Gasteiger partial charge in [0.15, 0.2) is 5.84 Å². The number of nitrogens with two attached hydrogens (primary N) is 1. The topological polar surface area (TPSA) is 117 Å². The van der Waals surface area contributed by atoms with Gasteiger partial charge in [-0.1, -0.05) is 5.16 Å². The molecule has 2 heterocycles. The fourth-order valence-corrected chi connectivity index (χ4v) is 2.73. The highest BCUT2D eigenvalue weighted by Gasteiger charge is 2.36. The van der Waals surface area contributed by atoms with E-state index in [2.05, 4.69) is 15.1 Å². The maximum atomic E-state index is 12.6. The molecule has 26 heavy (non-hydrogen) atoms. The molecule has 1 aliphatic rings. The van der Waals surface area contributed by atoms with Crippen molar-refractivity contribution in [3.8, 4) is 0 Å². The van der Waals surface area contributed by atoms with E-state index < -0.39 is 5.60 Å². The van der Waals surface area contributed by atoms with E-state index in [1.54, 1.807) is 17.2 Å². The highest BCUT2D eigenvalue weighted by molar-refractivity contribution is 5.95. The van der Waals surface area contributed by atoms with E-state index >= 15 is 0 Å². The van der Waals surface area contributed by atoms with E-state index in [0.717, 1.165) is 6.42 Å². The van der Waals surface area contributed by atoms with Crippen molar-refractivity contribution < 1.29 is 14.7 Å². The summed E-state index contributed by atoms with van der Waals surface area (Å²) in [5, 5.41) is 11.8. The number of hydrogen-bond acceptors (Lipinski definition) is 7. The van der Waals surface area contributed by atoms with E-state index in [9.17, 15) is 4.79 Å². The van der Waals surface area contributed by atoms with Gasteiger partial charge >= 0.3 is 6.09 Å². The lowest BCUT2D eigenvalue weighted by molar-refractivity contribution is 0.00516. The zero-order valence-electron chi connectivity index (χ0n) is 16.1. The Kier molecular flexibility index (Phi) is 5.58. The second-order valence-corrected chi connectivity index (χ2v) is 7.91. The van der Waals surface area contributed by atoms with Crippen molar-refractivity contribution in [1.29, 1.82) is 0 Å². The number of aromatic nitrogens is 2. The molecule has 144 valence electrons. The summed E-state index contributed by atoms with van der Waals surface area (Å²) < 4.78 is 5.55. The molecule has 0 aliphatic carbocycles. The van der Waals surface area contributed by atoms with E-state index in [1.165, 1.54) is 0 Å². The molecule has 9 heteroatoms. The Hall–Kier alpha value is -2.58. The van der Waals surface area contributed by atoms with Crippen LogP contribution in [0.2, 0.25) is 0 Å². The number of carbonyl (C=O) groups is 1. The first kappa shape index (κ1) is 19.7. The third kappa shape index (κ3) is 4.74. The van der Waals surface area contributed by atoms with Crippen molar-refractivity contribution in [1.82, 2.24) is 14.9 Å². The van der Waals surface area contributed by atoms with Crippen LogP contribution in [-0.2, 0) is 4.74 Å². The summed E-state index contributed by atoms with van der Waals surface area (Å²) in [6, 6.07) is 1.58. The van der Waals surface area contributed by atoms with Gasteiger partial charge in [0.25, 0.3) is 0 Å². The molecule has 0 unspecified atom stereocenters. The molecule has 1 aliphatic heterocycles. The van der Waals surface area contributed by atoms with E-state index in [0.29, 0.717) is 31.3 Å². The Morgan fingerprint density at radius 3 is 2.65 bits per heavy atom. The van der Waals surface area contributed by atoms with Crippen LogP contribution in [0.25, 0.3) is 0 Å². The quantitative estimate of drug-likeness (QED) is 0.355. The highest BCUT2D eigenvalue weighted by atomic mass is 16.6. The Morgan fingerprint density at radius 1 is 1.35 bits per heavy atom. The Labute approximate surface area is 153 Å². The largest absolute Gasteiger partial charge is 0.444 e. The summed E-state index contributed by atoms with van der Waals surface area (Å²) in [6.45, 7) is 11.3. The molecule has 0 saturated carbocycles. The number of amides is 1. The van der Waals surface area contributed by atoms with Gasteiger partial charge in [-0.15, -0.1) is 0 Å². The maximum absolute atomic E-state index is 12.6. The van der Waals surface area contributed by atoms with Gasteiger partial charge in [-0.25, -0.2) is 14.8 Å². The molecular formula is C17H28N6O3. The number of carbonyl (C=O) groups excluding carboxylic acids is 1. The van der Waals surface area contributed by atoms with Crippen LogP contribution < -0.4 is 10.6 Å². The summed E-state index contributed by atoms with van der Waals surface area (Å²) in [5.41, 5.74) is 5.06. The number of rotatable bonds is 2. The minimum Gasteiger partial charge on any atom is -0.444 e. The first-order valence-electron chi connectivity index (χ1n) is 8.60. The second kappa shape index (κ2) is 7.35. The molecule has 0 spiro atoms. The van der Waals surface area contributed by atoms with Crippen LogP contribution in [-0.4, -0.2) is 62.8 Å². The van der Waals surface area contributed by atoms with Gasteiger partial charge in [-0.2, -0.15) is 0 Å². The SMILES string of the molecule is CC(C)(C)OC(=O)N1CCN(c2nccc(/C(N)=N/O)n2)CCC1(C)C. The molecule has 1 saturated heterocycles. The standard InChI is InChI=1S/C17H28N6O3/c1-16(2,3)26-15(24)23-11-10-22(9-7-17(23,4)5)14-19-8-6-12(20-14)13(18)21-25/h6,8,25H,7,9-11H2,1-5H3,(H2,18,21). The zero-order chi connectivity index (χ0) is 19.5. The summed E-state index contributed by atoms with van der Waals surface area (Å²) in [5.74, 6) is 0.412. The van der Waals surface area contributed by atoms with E-state index in [4.69, 9.17) is 15.7 Å². The van der Waals surface area contributed by atoms with Crippen molar-refractivity contribution in [2.24, 2.45) is 10.9 Å². The number of ether oxygens (including phenoxy) is 1. The second-order valence-electron chi connectivity index (χ2n) is 7.91. The van der Waals surface area contributed by atoms with Gasteiger partial charge < -0.3 is 25.5 Å². The molecule has 1 aromatic rings. The molecule has 0 bridgehead atoms. The molecule has 9 nitrogen and oxygen atoms in total. The Morgan fingerprint density at radius 2 is 2.04 bits per heavy atom. The predicted molar refractivity (Wildman–Crippen MR) is 98.4 cm³/mol. The Balaban J connectivity index is 2.19. The van der Waals surface area contributed by atoms with Crippen LogP contribution in [0.1, 0.15) is 46.7 Å². The van der Waals surface area contributed by atoms with Crippen LogP contribution >= 0.6 is 0 Å². The van der Waals surface area contributed by atoms with Crippen LogP contribution in [0.4, 0.5) is 10.7 Å². The molecule has 0 aromatic carbocycles. The van der Waals surface area contributed by atoms with Crippen molar-refractivity contribution in [3.63, 3.8) is 0 Å². The van der Waals surface area contributed by atoms with Crippen molar-refractivity contribution in [2.45, 2.75) is 52.2 Å².